The summed E-state index contributed by atoms with van der Waals surface area (Å²) in [7, 11) is 0. The van der Waals surface area contributed by atoms with E-state index >= 15 is 0 Å². The molecule has 67 heavy (non-hydrogen) atoms. The van der Waals surface area contributed by atoms with Crippen LogP contribution in [0.25, 0.3) is 0 Å². The smallest absolute Gasteiger partial charge is 0.328 e. The number of ether oxygens (including phenoxy) is 3. The third-order valence-corrected chi connectivity index (χ3v) is 17.7. The van der Waals surface area contributed by atoms with Crippen molar-refractivity contribution in [3.63, 3.8) is 0 Å². The molecule has 0 aromatic heterocycles. The van der Waals surface area contributed by atoms with E-state index in [1.54, 1.807) is 0 Å². The monoisotopic (exact) mass is 982 g/mol. The molecule has 2 heterocycles. The summed E-state index contributed by atoms with van der Waals surface area (Å²) in [6.45, 7) is 10.6. The number of carbonyl (C=O) groups excluding carboxylic acids is 4. The quantitative estimate of drug-likeness (QED) is 0.0355. The number of likely N-dealkylation sites (tertiary alicyclic amines) is 1. The Labute approximate surface area is 417 Å². The Morgan fingerprint density at radius 1 is 0.582 bits per heavy atom. The van der Waals surface area contributed by atoms with Crippen LogP contribution in [0.1, 0.15) is 259 Å². The largest absolute Gasteiger partial charge is 0.481 e. The summed E-state index contributed by atoms with van der Waals surface area (Å²) in [5, 5.41) is 9.11. The van der Waals surface area contributed by atoms with Crippen molar-refractivity contribution in [1.82, 2.24) is 4.90 Å². The van der Waals surface area contributed by atoms with E-state index < -0.39 is 18.0 Å². The van der Waals surface area contributed by atoms with Gasteiger partial charge in [0.1, 0.15) is 12.6 Å². The second-order valence-corrected chi connectivity index (χ2v) is 23.2. The number of carbonyl (C=O) groups is 5. The highest BCUT2D eigenvalue weighted by Crippen LogP contribution is 2.54. The van der Waals surface area contributed by atoms with Crippen molar-refractivity contribution in [2.75, 3.05) is 32.1 Å². The summed E-state index contributed by atoms with van der Waals surface area (Å²) >= 11 is 3.83. The van der Waals surface area contributed by atoms with Crippen LogP contribution >= 0.6 is 23.5 Å². The molecule has 2 saturated heterocycles. The van der Waals surface area contributed by atoms with Crippen molar-refractivity contribution in [3.05, 3.63) is 0 Å². The SMILES string of the molecule is CCCCCCCCC(CCCCCC)C(=O)OCCCCCC1(CCCCCOC(=O)C2CCCN2C(=O)C(CCCCCC)CCCCCCCC)SCC(COC(=O)CCC(=O)O)S1. The van der Waals surface area contributed by atoms with Gasteiger partial charge in [0.05, 0.1) is 36.1 Å². The number of amides is 1. The van der Waals surface area contributed by atoms with Crippen LogP contribution < -0.4 is 0 Å². The maximum Gasteiger partial charge on any atom is 0.328 e. The minimum atomic E-state index is -1.01. The zero-order valence-electron chi connectivity index (χ0n) is 43.3. The molecule has 5 unspecified atom stereocenters. The number of carboxylic acids is 1. The van der Waals surface area contributed by atoms with Gasteiger partial charge >= 0.3 is 23.9 Å². The molecule has 0 aliphatic carbocycles. The lowest BCUT2D eigenvalue weighted by molar-refractivity contribution is -0.155. The Bertz CT molecular complexity index is 1320. The molecule has 5 atom stereocenters. The van der Waals surface area contributed by atoms with E-state index in [9.17, 15) is 24.0 Å². The van der Waals surface area contributed by atoms with Gasteiger partial charge < -0.3 is 24.2 Å². The number of hydrogen-bond acceptors (Lipinski definition) is 10. The third-order valence-electron chi connectivity index (χ3n) is 13.9. The molecular weight excluding hydrogens is 883 g/mol. The number of hydrogen-bond donors (Lipinski definition) is 1. The Balaban J connectivity index is 1.88. The Hall–Kier alpha value is -1.95. The third kappa shape index (κ3) is 28.5. The van der Waals surface area contributed by atoms with Crippen LogP contribution in [0.5, 0.6) is 0 Å². The van der Waals surface area contributed by atoms with Crippen LogP contribution in [0.2, 0.25) is 0 Å². The fourth-order valence-electron chi connectivity index (χ4n) is 9.72. The number of unbranched alkanes of at least 4 members (excludes halogenated alkanes) is 20. The zero-order chi connectivity index (χ0) is 48.8. The molecule has 390 valence electrons. The van der Waals surface area contributed by atoms with Gasteiger partial charge in [-0.1, -0.05) is 169 Å². The molecule has 1 amide bonds. The van der Waals surface area contributed by atoms with Crippen LogP contribution in [0, 0.1) is 11.8 Å². The molecule has 2 rings (SSSR count). The van der Waals surface area contributed by atoms with E-state index in [0.717, 1.165) is 121 Å². The van der Waals surface area contributed by atoms with E-state index in [1.807, 2.05) is 28.4 Å². The standard InChI is InChI=1S/C55H99NO9S2/c1-5-9-13-17-19-25-33-46(32-23-15-11-7-3)52(60)56-41-31-36-49(56)54(62)64-43-30-22-28-40-55(66-45-48(67-55)44-65-51(59)38-37-50(57)58)39-27-21-29-42-63-53(61)47(34-24-16-12-8-4)35-26-20-18-14-10-6-2/h46-49H,5-45H2,1-4H3,(H,57,58). The lowest BCUT2D eigenvalue weighted by Gasteiger charge is -2.28. The van der Waals surface area contributed by atoms with E-state index in [1.165, 1.54) is 96.3 Å². The number of carboxylic acid groups (broad SMARTS) is 1. The highest BCUT2D eigenvalue weighted by atomic mass is 32.2. The van der Waals surface area contributed by atoms with Crippen molar-refractivity contribution in [2.45, 2.75) is 274 Å². The molecule has 0 radical (unpaired) electrons. The first kappa shape index (κ1) is 61.2. The van der Waals surface area contributed by atoms with Gasteiger partial charge in [-0.2, -0.15) is 0 Å². The van der Waals surface area contributed by atoms with Crippen molar-refractivity contribution in [1.29, 1.82) is 0 Å². The van der Waals surface area contributed by atoms with Crippen LogP contribution in [0.3, 0.4) is 0 Å². The minimum Gasteiger partial charge on any atom is -0.481 e. The molecule has 0 spiro atoms. The lowest BCUT2D eigenvalue weighted by atomic mass is 9.92. The fraction of sp³-hybridized carbons (Fsp3) is 0.909. The van der Waals surface area contributed by atoms with E-state index in [2.05, 4.69) is 27.7 Å². The molecule has 1 N–H and O–H groups in total. The minimum absolute atomic E-state index is 0.00148. The molecule has 0 saturated carbocycles. The van der Waals surface area contributed by atoms with Gasteiger partial charge in [-0.05, 0) is 77.0 Å². The lowest BCUT2D eigenvalue weighted by Crippen LogP contribution is -2.44. The van der Waals surface area contributed by atoms with Crippen LogP contribution in [0.15, 0.2) is 0 Å². The van der Waals surface area contributed by atoms with E-state index in [0.29, 0.717) is 26.2 Å². The van der Waals surface area contributed by atoms with Crippen LogP contribution in [-0.2, 0) is 38.2 Å². The van der Waals surface area contributed by atoms with Crippen molar-refractivity contribution < 1.29 is 43.3 Å². The molecular formula is C55H99NO9S2. The number of aliphatic carboxylic acids is 1. The van der Waals surface area contributed by atoms with Gasteiger partial charge in [0.25, 0.3) is 0 Å². The number of esters is 3. The van der Waals surface area contributed by atoms with Gasteiger partial charge in [-0.25, -0.2) is 4.79 Å². The highest BCUT2D eigenvalue weighted by Gasteiger charge is 2.41. The Morgan fingerprint density at radius 3 is 1.60 bits per heavy atom. The first-order chi connectivity index (χ1) is 32.6. The predicted molar refractivity (Wildman–Crippen MR) is 278 cm³/mol. The van der Waals surface area contributed by atoms with E-state index in [4.69, 9.17) is 19.3 Å². The van der Waals surface area contributed by atoms with Crippen LogP contribution in [-0.4, -0.2) is 87.3 Å². The molecule has 2 aliphatic heterocycles. The molecule has 0 aromatic rings. The summed E-state index contributed by atoms with van der Waals surface area (Å²) in [5.41, 5.74) is 0. The Kier molecular flexibility index (Phi) is 36.3. The summed E-state index contributed by atoms with van der Waals surface area (Å²) in [6.07, 6.45) is 36.2. The first-order valence-corrected chi connectivity index (χ1v) is 29.8. The fourth-order valence-corrected chi connectivity index (χ4v) is 13.5. The maximum absolute atomic E-state index is 14.0. The first-order valence-electron chi connectivity index (χ1n) is 27.9. The number of thioether (sulfide) groups is 2. The van der Waals surface area contributed by atoms with Gasteiger partial charge in [0, 0.05) is 23.5 Å². The summed E-state index contributed by atoms with van der Waals surface area (Å²) in [4.78, 5) is 65.7. The van der Waals surface area contributed by atoms with Crippen molar-refractivity contribution in [2.24, 2.45) is 11.8 Å². The van der Waals surface area contributed by atoms with Crippen molar-refractivity contribution in [3.8, 4) is 0 Å². The van der Waals surface area contributed by atoms with Crippen molar-refractivity contribution >= 4 is 53.3 Å². The summed E-state index contributed by atoms with van der Waals surface area (Å²) in [5.74, 6) is -0.697. The Morgan fingerprint density at radius 2 is 1.06 bits per heavy atom. The van der Waals surface area contributed by atoms with Gasteiger partial charge in [-0.3, -0.25) is 19.2 Å². The molecule has 0 aromatic carbocycles. The molecule has 10 nitrogen and oxygen atoms in total. The average molecular weight is 983 g/mol. The molecule has 2 fully saturated rings. The second kappa shape index (κ2) is 39.7. The zero-order valence-corrected chi connectivity index (χ0v) is 44.9. The highest BCUT2D eigenvalue weighted by molar-refractivity contribution is 8.21. The summed E-state index contributed by atoms with van der Waals surface area (Å²) < 4.78 is 17.3. The van der Waals surface area contributed by atoms with Gasteiger partial charge in [0.15, 0.2) is 0 Å². The molecule has 12 heteroatoms. The second-order valence-electron chi connectivity index (χ2n) is 19.9. The maximum atomic E-state index is 14.0. The van der Waals surface area contributed by atoms with Crippen LogP contribution in [0.4, 0.5) is 0 Å². The number of rotatable bonds is 44. The normalized spacial score (nSPS) is 19.1. The van der Waals surface area contributed by atoms with Gasteiger partial charge in [-0.15, -0.1) is 23.5 Å². The van der Waals surface area contributed by atoms with E-state index in [-0.39, 0.29) is 58.5 Å². The van der Waals surface area contributed by atoms with Gasteiger partial charge in [0.2, 0.25) is 5.91 Å². The molecule has 2 aliphatic rings. The number of nitrogens with zero attached hydrogens (tertiary/aromatic N) is 1. The predicted octanol–water partition coefficient (Wildman–Crippen LogP) is 14.8. The summed E-state index contributed by atoms with van der Waals surface area (Å²) in [6, 6.07) is -0.467. The molecule has 0 bridgehead atoms. The average Bonchev–Trinajstić information content (AvgIpc) is 3.99. The topological polar surface area (TPSA) is 137 Å².